The molecule has 4 nitrogen and oxygen atoms in total. The molecule has 0 bridgehead atoms. The molecule has 0 atom stereocenters. The molecule has 2 aromatic rings. The molecule has 0 aliphatic rings. The van der Waals surface area contributed by atoms with Crippen LogP contribution in [0.3, 0.4) is 0 Å². The summed E-state index contributed by atoms with van der Waals surface area (Å²) in [6.07, 6.45) is 1.27. The maximum absolute atomic E-state index is 11.9. The van der Waals surface area contributed by atoms with Crippen LogP contribution in [0.2, 0.25) is 10.0 Å². The Labute approximate surface area is 139 Å². The summed E-state index contributed by atoms with van der Waals surface area (Å²) in [5.41, 5.74) is 3.11. The molecule has 0 aliphatic heterocycles. The molecule has 0 unspecified atom stereocenters. The van der Waals surface area contributed by atoms with E-state index in [1.165, 1.54) is 18.3 Å². The highest BCUT2D eigenvalue weighted by molar-refractivity contribution is 9.10. The molecule has 2 aromatic carbocycles. The molecule has 0 heterocycles. The van der Waals surface area contributed by atoms with Gasteiger partial charge in [-0.15, -0.1) is 0 Å². The molecule has 2 N–H and O–H groups in total. The predicted octanol–water partition coefficient (Wildman–Crippen LogP) is 4.23. The molecule has 0 fully saturated rings. The van der Waals surface area contributed by atoms with Crippen LogP contribution in [-0.2, 0) is 0 Å². The monoisotopic (exact) mass is 386 g/mol. The number of halogens is 3. The quantitative estimate of drug-likeness (QED) is 0.611. The van der Waals surface area contributed by atoms with Gasteiger partial charge in [0.2, 0.25) is 0 Å². The average molecular weight is 388 g/mol. The summed E-state index contributed by atoms with van der Waals surface area (Å²) in [5, 5.41) is 14.0. The number of hydrogen-bond acceptors (Lipinski definition) is 3. The van der Waals surface area contributed by atoms with Crippen LogP contribution >= 0.6 is 39.1 Å². The lowest BCUT2D eigenvalue weighted by atomic mass is 10.2. The number of carbonyl (C=O) groups is 1. The second kappa shape index (κ2) is 6.93. The Bertz CT molecular complexity index is 720. The number of nitrogens with one attached hydrogen (secondary N) is 1. The van der Waals surface area contributed by atoms with Crippen molar-refractivity contribution in [3.8, 4) is 5.75 Å². The molecule has 7 heteroatoms. The molecule has 108 valence electrons. The van der Waals surface area contributed by atoms with Gasteiger partial charge in [-0.3, -0.25) is 4.79 Å². The van der Waals surface area contributed by atoms with E-state index < -0.39 is 0 Å². The van der Waals surface area contributed by atoms with Gasteiger partial charge in [-0.05, 0) is 40.2 Å². The van der Waals surface area contributed by atoms with Gasteiger partial charge in [0.15, 0.2) is 0 Å². The fraction of sp³-hybridized carbons (Fsp3) is 0. The molecule has 21 heavy (non-hydrogen) atoms. The third-order valence-corrected chi connectivity index (χ3v) is 3.74. The maximum Gasteiger partial charge on any atom is 0.272 e. The summed E-state index contributed by atoms with van der Waals surface area (Å²) in [7, 11) is 0. The lowest BCUT2D eigenvalue weighted by Gasteiger charge is -2.04. The van der Waals surface area contributed by atoms with Gasteiger partial charge in [-0.1, -0.05) is 35.3 Å². The van der Waals surface area contributed by atoms with Crippen molar-refractivity contribution in [3.63, 3.8) is 0 Å². The van der Waals surface area contributed by atoms with Crippen LogP contribution in [0, 0.1) is 0 Å². The van der Waals surface area contributed by atoms with Crippen molar-refractivity contribution in [2.45, 2.75) is 0 Å². The Balaban J connectivity index is 2.13. The van der Waals surface area contributed by atoms with Gasteiger partial charge < -0.3 is 5.11 Å². The molecular formula is C14H9BrCl2N2O2. The highest BCUT2D eigenvalue weighted by Gasteiger charge is 2.08. The lowest BCUT2D eigenvalue weighted by molar-refractivity contribution is 0.0954. The number of phenolic OH excluding ortho intramolecular Hbond substituents is 1. The maximum atomic E-state index is 11.9. The number of phenols is 1. The summed E-state index contributed by atoms with van der Waals surface area (Å²) < 4.78 is 0.659. The van der Waals surface area contributed by atoms with E-state index >= 15 is 0 Å². The Morgan fingerprint density at radius 3 is 2.71 bits per heavy atom. The van der Waals surface area contributed by atoms with Crippen LogP contribution in [0.15, 0.2) is 46.0 Å². The zero-order chi connectivity index (χ0) is 15.4. The minimum Gasteiger partial charge on any atom is -0.506 e. The van der Waals surface area contributed by atoms with E-state index in [0.717, 1.165) is 0 Å². The zero-order valence-electron chi connectivity index (χ0n) is 10.5. The van der Waals surface area contributed by atoms with Crippen LogP contribution < -0.4 is 5.43 Å². The first-order valence-electron chi connectivity index (χ1n) is 5.75. The topological polar surface area (TPSA) is 61.7 Å². The van der Waals surface area contributed by atoms with Gasteiger partial charge in [-0.2, -0.15) is 5.10 Å². The number of hydrazone groups is 1. The van der Waals surface area contributed by atoms with E-state index in [0.29, 0.717) is 20.6 Å². The zero-order valence-corrected chi connectivity index (χ0v) is 13.6. The van der Waals surface area contributed by atoms with Crippen molar-refractivity contribution in [3.05, 3.63) is 62.0 Å². The highest BCUT2D eigenvalue weighted by Crippen LogP contribution is 2.29. The predicted molar refractivity (Wildman–Crippen MR) is 87.3 cm³/mol. The molecule has 0 radical (unpaired) electrons. The van der Waals surface area contributed by atoms with Crippen molar-refractivity contribution in [1.29, 1.82) is 0 Å². The Morgan fingerprint density at radius 2 is 2.00 bits per heavy atom. The standard InChI is InChI=1S/C14H9BrCl2N2O2/c15-11-4-2-1-3-10(11)14(21)19-18-7-8-5-9(16)6-12(17)13(8)20/h1-7,20H,(H,19,21). The van der Waals surface area contributed by atoms with Crippen LogP contribution in [0.1, 0.15) is 15.9 Å². The van der Waals surface area contributed by atoms with Gasteiger partial charge in [-0.25, -0.2) is 5.43 Å². The molecule has 1 amide bonds. The molecular weight excluding hydrogens is 379 g/mol. The fourth-order valence-electron chi connectivity index (χ4n) is 1.55. The van der Waals surface area contributed by atoms with Crippen LogP contribution in [0.4, 0.5) is 0 Å². The summed E-state index contributed by atoms with van der Waals surface area (Å²) in [5.74, 6) is -0.536. The average Bonchev–Trinajstić information content (AvgIpc) is 2.44. The Kier molecular flexibility index (Phi) is 5.22. The molecule has 0 saturated heterocycles. The third kappa shape index (κ3) is 3.97. The van der Waals surface area contributed by atoms with Gasteiger partial charge in [0.05, 0.1) is 16.8 Å². The smallest absolute Gasteiger partial charge is 0.272 e. The number of benzene rings is 2. The normalized spacial score (nSPS) is 10.8. The minimum absolute atomic E-state index is 0.112. The minimum atomic E-state index is -0.383. The molecule has 0 saturated carbocycles. The number of nitrogens with zero attached hydrogens (tertiary/aromatic N) is 1. The van der Waals surface area contributed by atoms with E-state index in [2.05, 4.69) is 26.5 Å². The van der Waals surface area contributed by atoms with E-state index in [-0.39, 0.29) is 16.7 Å². The summed E-state index contributed by atoms with van der Waals surface area (Å²) in [4.78, 5) is 11.9. The fourth-order valence-corrected chi connectivity index (χ4v) is 2.52. The summed E-state index contributed by atoms with van der Waals surface area (Å²) in [6.45, 7) is 0. The first-order chi connectivity index (χ1) is 9.99. The van der Waals surface area contributed by atoms with E-state index in [1.807, 2.05) is 0 Å². The SMILES string of the molecule is O=C(NN=Cc1cc(Cl)cc(Cl)c1O)c1ccccc1Br. The first-order valence-corrected chi connectivity index (χ1v) is 7.30. The van der Waals surface area contributed by atoms with Crippen molar-refractivity contribution >= 4 is 51.3 Å². The summed E-state index contributed by atoms with van der Waals surface area (Å²) >= 11 is 14.9. The number of amides is 1. The first kappa shape index (κ1) is 15.8. The van der Waals surface area contributed by atoms with E-state index in [1.54, 1.807) is 24.3 Å². The number of rotatable bonds is 3. The van der Waals surface area contributed by atoms with Crippen LogP contribution in [0.5, 0.6) is 5.75 Å². The molecule has 0 spiro atoms. The Morgan fingerprint density at radius 1 is 1.29 bits per heavy atom. The second-order valence-corrected chi connectivity index (χ2v) is 5.70. The summed E-state index contributed by atoms with van der Waals surface area (Å²) in [6, 6.07) is 9.85. The molecule has 2 rings (SSSR count). The number of hydrogen-bond donors (Lipinski definition) is 2. The van der Waals surface area contributed by atoms with Gasteiger partial charge >= 0.3 is 0 Å². The second-order valence-electron chi connectivity index (χ2n) is 4.00. The Hall–Kier alpha value is -1.56. The lowest BCUT2D eigenvalue weighted by Crippen LogP contribution is -2.18. The van der Waals surface area contributed by atoms with Gasteiger partial charge in [0.25, 0.3) is 5.91 Å². The highest BCUT2D eigenvalue weighted by atomic mass is 79.9. The van der Waals surface area contributed by atoms with E-state index in [4.69, 9.17) is 23.2 Å². The largest absolute Gasteiger partial charge is 0.506 e. The molecule has 0 aromatic heterocycles. The van der Waals surface area contributed by atoms with Crippen LogP contribution in [0.25, 0.3) is 0 Å². The number of carbonyl (C=O) groups excluding carboxylic acids is 1. The third-order valence-electron chi connectivity index (χ3n) is 2.55. The van der Waals surface area contributed by atoms with Crippen molar-refractivity contribution < 1.29 is 9.90 Å². The van der Waals surface area contributed by atoms with Gasteiger partial charge in [0.1, 0.15) is 5.75 Å². The van der Waals surface area contributed by atoms with Crippen LogP contribution in [-0.4, -0.2) is 17.2 Å². The van der Waals surface area contributed by atoms with Crippen molar-refractivity contribution in [2.75, 3.05) is 0 Å². The molecule has 0 aliphatic carbocycles. The van der Waals surface area contributed by atoms with Gasteiger partial charge in [0, 0.05) is 15.1 Å². The van der Waals surface area contributed by atoms with Crippen molar-refractivity contribution in [2.24, 2.45) is 5.10 Å². The number of aromatic hydroxyl groups is 1. The van der Waals surface area contributed by atoms with Crippen molar-refractivity contribution in [1.82, 2.24) is 5.43 Å². The van der Waals surface area contributed by atoms with E-state index in [9.17, 15) is 9.90 Å².